The second-order valence-corrected chi connectivity index (χ2v) is 3.40. The summed E-state index contributed by atoms with van der Waals surface area (Å²) in [4.78, 5) is 24.5. The Kier molecular flexibility index (Phi) is 5.30. The molecule has 0 heterocycles. The fourth-order valence-corrected chi connectivity index (χ4v) is 1.00. The highest BCUT2D eigenvalue weighted by atomic mass is 16.4. The quantitative estimate of drug-likeness (QED) is 0.633. The molecule has 1 atom stereocenters. The van der Waals surface area contributed by atoms with Gasteiger partial charge in [-0.25, -0.2) is 11.4 Å². The predicted octanol–water partition coefficient (Wildman–Crippen LogP) is 0.521. The van der Waals surface area contributed by atoms with Gasteiger partial charge in [0, 0.05) is 0 Å². The zero-order valence-electron chi connectivity index (χ0n) is 8.28. The van der Waals surface area contributed by atoms with E-state index in [1.54, 1.807) is 0 Å². The molecule has 78 valence electrons. The molecule has 0 aromatic carbocycles. The lowest BCUT2D eigenvalue weighted by molar-refractivity contribution is -0.142. The summed E-state index contributed by atoms with van der Waals surface area (Å²) in [5.74, 6) is -1.41. The van der Waals surface area contributed by atoms with Crippen LogP contribution < -0.4 is 5.32 Å². The molecule has 0 spiro atoms. The maximum Gasteiger partial charge on any atom is 0.326 e. The van der Waals surface area contributed by atoms with Crippen LogP contribution in [0.1, 0.15) is 20.3 Å². The summed E-state index contributed by atoms with van der Waals surface area (Å²) in [5.41, 5.74) is 0. The molecule has 1 amide bonds. The standard InChI is InChI=1S/C9H14N2O3/c1-6(2)4-7(9(13)14)11-8(12)5-10-3/h6-7H,4-5H2,1-2H3,(H,11,12)(H,13,14). The van der Waals surface area contributed by atoms with Gasteiger partial charge in [-0.3, -0.25) is 4.79 Å². The summed E-state index contributed by atoms with van der Waals surface area (Å²) in [6.07, 6.45) is 0.374. The first kappa shape index (κ1) is 12.4. The summed E-state index contributed by atoms with van der Waals surface area (Å²) < 4.78 is 0. The van der Waals surface area contributed by atoms with Gasteiger partial charge in [-0.2, -0.15) is 0 Å². The fourth-order valence-electron chi connectivity index (χ4n) is 1.00. The Bertz CT molecular complexity index is 255. The van der Waals surface area contributed by atoms with Crippen LogP contribution in [0.3, 0.4) is 0 Å². The van der Waals surface area contributed by atoms with Crippen molar-refractivity contribution in [3.63, 3.8) is 0 Å². The van der Waals surface area contributed by atoms with Crippen molar-refractivity contribution in [3.05, 3.63) is 11.4 Å². The number of carbonyl (C=O) groups excluding carboxylic acids is 1. The molecule has 0 bridgehead atoms. The SMILES string of the molecule is [C-]#[N+]CC(=O)NC(CC(C)C)C(=O)O. The average molecular weight is 198 g/mol. The molecular weight excluding hydrogens is 184 g/mol. The average Bonchev–Trinajstić information content (AvgIpc) is 2.02. The maximum atomic E-state index is 11.0. The largest absolute Gasteiger partial charge is 0.480 e. The Morgan fingerprint density at radius 1 is 1.50 bits per heavy atom. The van der Waals surface area contributed by atoms with Crippen LogP contribution in [-0.4, -0.2) is 29.6 Å². The number of carboxylic acid groups (broad SMARTS) is 1. The Morgan fingerprint density at radius 3 is 2.43 bits per heavy atom. The Labute approximate surface area is 82.9 Å². The first-order chi connectivity index (χ1) is 6.47. The number of hydrogen-bond donors (Lipinski definition) is 2. The third-order valence-electron chi connectivity index (χ3n) is 1.56. The van der Waals surface area contributed by atoms with Gasteiger partial charge in [0.2, 0.25) is 0 Å². The number of nitrogens with zero attached hydrogens (tertiary/aromatic N) is 1. The smallest absolute Gasteiger partial charge is 0.326 e. The molecule has 0 saturated heterocycles. The minimum Gasteiger partial charge on any atom is -0.480 e. The van der Waals surface area contributed by atoms with Gasteiger partial charge in [0.1, 0.15) is 6.04 Å². The maximum absolute atomic E-state index is 11.0. The number of aliphatic carboxylic acids is 1. The monoisotopic (exact) mass is 198 g/mol. The fraction of sp³-hybridized carbons (Fsp3) is 0.667. The van der Waals surface area contributed by atoms with E-state index in [0.717, 1.165) is 0 Å². The lowest BCUT2D eigenvalue weighted by atomic mass is 10.0. The molecule has 0 rings (SSSR count). The van der Waals surface area contributed by atoms with E-state index in [0.29, 0.717) is 6.42 Å². The minimum atomic E-state index is -1.06. The van der Waals surface area contributed by atoms with E-state index in [4.69, 9.17) is 11.7 Å². The van der Waals surface area contributed by atoms with Crippen LogP contribution >= 0.6 is 0 Å². The molecule has 0 radical (unpaired) electrons. The van der Waals surface area contributed by atoms with Crippen molar-refractivity contribution in [2.75, 3.05) is 6.54 Å². The van der Waals surface area contributed by atoms with Gasteiger partial charge in [-0.15, -0.1) is 0 Å². The topological polar surface area (TPSA) is 70.8 Å². The van der Waals surface area contributed by atoms with Crippen molar-refractivity contribution in [2.24, 2.45) is 5.92 Å². The van der Waals surface area contributed by atoms with Crippen molar-refractivity contribution in [2.45, 2.75) is 26.3 Å². The summed E-state index contributed by atoms with van der Waals surface area (Å²) in [5, 5.41) is 11.0. The molecule has 1 unspecified atom stereocenters. The third-order valence-corrected chi connectivity index (χ3v) is 1.56. The van der Waals surface area contributed by atoms with Gasteiger partial charge in [0.25, 0.3) is 6.54 Å². The first-order valence-electron chi connectivity index (χ1n) is 4.32. The second-order valence-electron chi connectivity index (χ2n) is 3.40. The van der Waals surface area contributed by atoms with Crippen molar-refractivity contribution >= 4 is 11.9 Å². The first-order valence-corrected chi connectivity index (χ1v) is 4.32. The lowest BCUT2D eigenvalue weighted by Gasteiger charge is -2.14. The Morgan fingerprint density at radius 2 is 2.07 bits per heavy atom. The van der Waals surface area contributed by atoms with Gasteiger partial charge in [-0.1, -0.05) is 13.8 Å². The van der Waals surface area contributed by atoms with Crippen molar-refractivity contribution in [1.29, 1.82) is 0 Å². The number of carbonyl (C=O) groups is 2. The van der Waals surface area contributed by atoms with Crippen molar-refractivity contribution in [3.8, 4) is 0 Å². The number of rotatable bonds is 5. The van der Waals surface area contributed by atoms with Crippen LogP contribution in [0.25, 0.3) is 4.85 Å². The molecule has 0 aromatic heterocycles. The molecule has 5 nitrogen and oxygen atoms in total. The molecule has 0 aliphatic heterocycles. The molecule has 2 N–H and O–H groups in total. The van der Waals surface area contributed by atoms with E-state index >= 15 is 0 Å². The highest BCUT2D eigenvalue weighted by molar-refractivity contribution is 5.85. The van der Waals surface area contributed by atoms with Crippen LogP contribution in [0.2, 0.25) is 0 Å². The molecule has 0 saturated carbocycles. The van der Waals surface area contributed by atoms with Gasteiger partial charge in [0.05, 0.1) is 0 Å². The van der Waals surface area contributed by atoms with Gasteiger partial charge in [-0.05, 0) is 12.3 Å². The van der Waals surface area contributed by atoms with E-state index in [-0.39, 0.29) is 12.5 Å². The molecule has 0 aliphatic rings. The number of nitrogens with one attached hydrogen (secondary N) is 1. The molecule has 5 heteroatoms. The Hall–Kier alpha value is -1.57. The number of hydrogen-bond acceptors (Lipinski definition) is 2. The molecular formula is C9H14N2O3. The highest BCUT2D eigenvalue weighted by Gasteiger charge is 2.21. The van der Waals surface area contributed by atoms with Crippen LogP contribution in [-0.2, 0) is 9.59 Å². The van der Waals surface area contributed by atoms with E-state index in [9.17, 15) is 9.59 Å². The van der Waals surface area contributed by atoms with Crippen LogP contribution in [0.4, 0.5) is 0 Å². The summed E-state index contributed by atoms with van der Waals surface area (Å²) >= 11 is 0. The summed E-state index contributed by atoms with van der Waals surface area (Å²) in [7, 11) is 0. The third kappa shape index (κ3) is 5.14. The highest BCUT2D eigenvalue weighted by Crippen LogP contribution is 2.04. The second kappa shape index (κ2) is 5.97. The zero-order chi connectivity index (χ0) is 11.1. The van der Waals surface area contributed by atoms with Crippen LogP contribution in [0, 0.1) is 12.5 Å². The summed E-state index contributed by atoms with van der Waals surface area (Å²) in [6, 6.07) is -0.885. The number of amides is 1. The molecule has 0 aliphatic carbocycles. The van der Waals surface area contributed by atoms with E-state index in [1.807, 2.05) is 13.8 Å². The minimum absolute atomic E-state index is 0.185. The van der Waals surface area contributed by atoms with Crippen molar-refractivity contribution in [1.82, 2.24) is 5.32 Å². The van der Waals surface area contributed by atoms with Crippen molar-refractivity contribution < 1.29 is 14.7 Å². The normalized spacial score (nSPS) is 11.9. The van der Waals surface area contributed by atoms with E-state index in [2.05, 4.69) is 10.2 Å². The number of carboxylic acids is 1. The molecule has 0 fully saturated rings. The van der Waals surface area contributed by atoms with Gasteiger partial charge >= 0.3 is 11.9 Å². The lowest BCUT2D eigenvalue weighted by Crippen LogP contribution is -2.42. The molecule has 14 heavy (non-hydrogen) atoms. The van der Waals surface area contributed by atoms with Gasteiger partial charge in [0.15, 0.2) is 0 Å². The predicted molar refractivity (Wildman–Crippen MR) is 50.5 cm³/mol. The van der Waals surface area contributed by atoms with Crippen LogP contribution in [0.15, 0.2) is 0 Å². The zero-order valence-corrected chi connectivity index (χ0v) is 8.28. The van der Waals surface area contributed by atoms with Gasteiger partial charge < -0.3 is 15.3 Å². The van der Waals surface area contributed by atoms with E-state index in [1.165, 1.54) is 0 Å². The van der Waals surface area contributed by atoms with Crippen LogP contribution in [0.5, 0.6) is 0 Å². The Balaban J connectivity index is 4.17. The van der Waals surface area contributed by atoms with E-state index < -0.39 is 17.9 Å². The summed E-state index contributed by atoms with van der Waals surface area (Å²) in [6.45, 7) is 9.87. The molecule has 0 aromatic rings.